The van der Waals surface area contributed by atoms with Crippen molar-refractivity contribution in [3.8, 4) is 5.88 Å². The lowest BCUT2D eigenvalue weighted by atomic mass is 9.98. The lowest BCUT2D eigenvalue weighted by Gasteiger charge is -2.21. The Balaban J connectivity index is 1.91. The Hall–Kier alpha value is -2.83. The van der Waals surface area contributed by atoms with Crippen LogP contribution in [-0.4, -0.2) is 32.4 Å². The zero-order valence-corrected chi connectivity index (χ0v) is 14.2. The van der Waals surface area contributed by atoms with Crippen molar-refractivity contribution in [3.05, 3.63) is 47.9 Å². The maximum atomic E-state index is 12.8. The van der Waals surface area contributed by atoms with Gasteiger partial charge in [0, 0.05) is 24.9 Å². The van der Waals surface area contributed by atoms with Crippen LogP contribution in [-0.2, 0) is 7.05 Å². The molecule has 7 heteroatoms. The predicted octanol–water partition coefficient (Wildman–Crippen LogP) is 2.20. The molecule has 0 saturated heterocycles. The molecule has 3 aromatic rings. The lowest BCUT2D eigenvalue weighted by Crippen LogP contribution is -2.31. The maximum absolute atomic E-state index is 12.8. The second-order valence-corrected chi connectivity index (χ2v) is 6.07. The summed E-state index contributed by atoms with van der Waals surface area (Å²) in [6.45, 7) is 4.13. The van der Waals surface area contributed by atoms with Crippen LogP contribution in [0.2, 0.25) is 0 Å². The Kier molecular flexibility index (Phi) is 4.24. The molecule has 1 atom stereocenters. The Labute approximate surface area is 140 Å². The molecule has 0 aliphatic carbocycles. The van der Waals surface area contributed by atoms with E-state index in [0.717, 1.165) is 5.56 Å². The first-order chi connectivity index (χ1) is 11.5. The normalized spacial score (nSPS) is 12.5. The highest BCUT2D eigenvalue weighted by molar-refractivity contribution is 6.00. The number of nitrogens with one attached hydrogen (secondary N) is 1. The zero-order chi connectivity index (χ0) is 17.3. The quantitative estimate of drug-likeness (QED) is 0.780. The van der Waals surface area contributed by atoms with E-state index in [4.69, 9.17) is 4.74 Å². The van der Waals surface area contributed by atoms with Gasteiger partial charge in [-0.25, -0.2) is 4.52 Å². The van der Waals surface area contributed by atoms with Gasteiger partial charge in [0.2, 0.25) is 5.88 Å². The van der Waals surface area contributed by atoms with Crippen molar-refractivity contribution in [2.75, 3.05) is 7.11 Å². The third kappa shape index (κ3) is 2.84. The van der Waals surface area contributed by atoms with E-state index in [-0.39, 0.29) is 17.9 Å². The number of nitrogens with zero attached hydrogens (tertiary/aromatic N) is 4. The van der Waals surface area contributed by atoms with Crippen molar-refractivity contribution < 1.29 is 9.53 Å². The van der Waals surface area contributed by atoms with E-state index < -0.39 is 0 Å². The van der Waals surface area contributed by atoms with Gasteiger partial charge in [-0.05, 0) is 12.0 Å². The van der Waals surface area contributed by atoms with Crippen LogP contribution < -0.4 is 10.1 Å². The van der Waals surface area contributed by atoms with Gasteiger partial charge in [0.15, 0.2) is 0 Å². The van der Waals surface area contributed by atoms with Crippen LogP contribution >= 0.6 is 0 Å². The summed E-state index contributed by atoms with van der Waals surface area (Å²) in [6, 6.07) is 5.37. The van der Waals surface area contributed by atoms with Crippen molar-refractivity contribution in [1.29, 1.82) is 0 Å². The second-order valence-electron chi connectivity index (χ2n) is 6.07. The fraction of sp³-hybridized carbons (Fsp3) is 0.353. The Morgan fingerprint density at radius 1 is 1.25 bits per heavy atom. The highest BCUT2D eigenvalue weighted by Crippen LogP contribution is 2.23. The minimum atomic E-state index is -0.166. The molecule has 0 aliphatic rings. The van der Waals surface area contributed by atoms with E-state index in [1.165, 1.54) is 0 Å². The van der Waals surface area contributed by atoms with Crippen molar-refractivity contribution >= 4 is 11.4 Å². The maximum Gasteiger partial charge on any atom is 0.255 e. The fourth-order valence-corrected chi connectivity index (χ4v) is 2.77. The highest BCUT2D eigenvalue weighted by atomic mass is 16.5. The molecule has 0 aliphatic heterocycles. The molecule has 0 fully saturated rings. The summed E-state index contributed by atoms with van der Waals surface area (Å²) in [7, 11) is 3.44. The summed E-state index contributed by atoms with van der Waals surface area (Å²) in [5.41, 5.74) is 2.21. The number of amides is 1. The molecule has 7 nitrogen and oxygen atoms in total. The van der Waals surface area contributed by atoms with E-state index in [9.17, 15) is 4.79 Å². The molecular formula is C17H21N5O2. The molecule has 0 saturated carbocycles. The number of pyridine rings is 1. The molecular weight excluding hydrogens is 306 g/mol. The molecule has 1 N–H and O–H groups in total. The first-order valence-corrected chi connectivity index (χ1v) is 7.81. The number of rotatable bonds is 5. The van der Waals surface area contributed by atoms with Crippen LogP contribution in [0.5, 0.6) is 5.88 Å². The number of aromatic nitrogens is 4. The molecule has 3 rings (SSSR count). The number of hydrogen-bond donors (Lipinski definition) is 1. The fourth-order valence-electron chi connectivity index (χ4n) is 2.77. The van der Waals surface area contributed by atoms with Gasteiger partial charge >= 0.3 is 0 Å². The third-order valence-electron chi connectivity index (χ3n) is 4.00. The average Bonchev–Trinajstić information content (AvgIpc) is 3.18. The summed E-state index contributed by atoms with van der Waals surface area (Å²) < 4.78 is 8.62. The number of aryl methyl sites for hydroxylation is 1. The van der Waals surface area contributed by atoms with E-state index >= 15 is 0 Å². The Bertz CT molecular complexity index is 865. The van der Waals surface area contributed by atoms with Crippen molar-refractivity contribution in [3.63, 3.8) is 0 Å². The molecule has 0 radical (unpaired) electrons. The van der Waals surface area contributed by atoms with Gasteiger partial charge in [-0.1, -0.05) is 19.9 Å². The number of fused-ring (bicyclic) bond motifs is 1. The van der Waals surface area contributed by atoms with Crippen LogP contribution in [0.25, 0.3) is 5.52 Å². The van der Waals surface area contributed by atoms with Gasteiger partial charge in [-0.15, -0.1) is 0 Å². The Morgan fingerprint density at radius 2 is 2.04 bits per heavy atom. The average molecular weight is 327 g/mol. The number of ether oxygens (including phenoxy) is 1. The largest absolute Gasteiger partial charge is 0.481 e. The van der Waals surface area contributed by atoms with Gasteiger partial charge < -0.3 is 10.1 Å². The zero-order valence-electron chi connectivity index (χ0n) is 14.2. The molecule has 0 bridgehead atoms. The van der Waals surface area contributed by atoms with Crippen molar-refractivity contribution in [1.82, 2.24) is 24.7 Å². The van der Waals surface area contributed by atoms with Gasteiger partial charge in [-0.3, -0.25) is 9.48 Å². The van der Waals surface area contributed by atoms with Gasteiger partial charge in [0.1, 0.15) is 0 Å². The second kappa shape index (κ2) is 6.35. The van der Waals surface area contributed by atoms with Crippen LogP contribution in [0, 0.1) is 5.92 Å². The number of methoxy groups -OCH3 is 1. The molecule has 24 heavy (non-hydrogen) atoms. The molecule has 0 aromatic carbocycles. The summed E-state index contributed by atoms with van der Waals surface area (Å²) >= 11 is 0. The molecule has 1 unspecified atom stereocenters. The third-order valence-corrected chi connectivity index (χ3v) is 4.00. The summed E-state index contributed by atoms with van der Waals surface area (Å²) in [4.78, 5) is 12.8. The summed E-state index contributed by atoms with van der Waals surface area (Å²) in [5, 5.41) is 11.5. The molecule has 0 spiro atoms. The smallest absolute Gasteiger partial charge is 0.255 e. The highest BCUT2D eigenvalue weighted by Gasteiger charge is 2.22. The molecule has 3 aromatic heterocycles. The van der Waals surface area contributed by atoms with Crippen LogP contribution in [0.4, 0.5) is 0 Å². The predicted molar refractivity (Wildman–Crippen MR) is 90.0 cm³/mol. The standard InChI is InChI=1S/C17H21N5O2/c1-11(2)16(12-8-18-21(3)10-12)20-17(23)13-9-19-22-14(13)6-5-7-15(22)24-4/h5-11,16H,1-4H3,(H,20,23). The van der Waals surface area contributed by atoms with Crippen LogP contribution in [0.3, 0.4) is 0 Å². The SMILES string of the molecule is COc1cccc2c(C(=O)NC(c3cnn(C)c3)C(C)C)cnn12. The van der Waals surface area contributed by atoms with Crippen LogP contribution in [0.1, 0.15) is 35.8 Å². The van der Waals surface area contributed by atoms with Crippen molar-refractivity contribution in [2.24, 2.45) is 13.0 Å². The van der Waals surface area contributed by atoms with Gasteiger partial charge in [0.05, 0.1) is 36.6 Å². The van der Waals surface area contributed by atoms with E-state index in [1.54, 1.807) is 34.8 Å². The molecule has 1 amide bonds. The first-order valence-electron chi connectivity index (χ1n) is 7.81. The first kappa shape index (κ1) is 16.0. The summed E-state index contributed by atoms with van der Waals surface area (Å²) in [6.07, 6.45) is 5.27. The van der Waals surface area contributed by atoms with E-state index in [0.29, 0.717) is 17.0 Å². The number of hydrogen-bond acceptors (Lipinski definition) is 4. The molecule has 3 heterocycles. The van der Waals surface area contributed by atoms with Gasteiger partial charge in [0.25, 0.3) is 5.91 Å². The number of carbonyl (C=O) groups is 1. The Morgan fingerprint density at radius 3 is 2.67 bits per heavy atom. The summed E-state index contributed by atoms with van der Waals surface area (Å²) in [5.74, 6) is 0.648. The lowest BCUT2D eigenvalue weighted by molar-refractivity contribution is 0.0927. The van der Waals surface area contributed by atoms with Gasteiger partial charge in [-0.2, -0.15) is 10.2 Å². The topological polar surface area (TPSA) is 73.4 Å². The number of carbonyl (C=O) groups excluding carboxylic acids is 1. The van der Waals surface area contributed by atoms with E-state index in [2.05, 4.69) is 29.4 Å². The van der Waals surface area contributed by atoms with E-state index in [1.807, 2.05) is 25.4 Å². The minimum Gasteiger partial charge on any atom is -0.481 e. The molecule has 126 valence electrons. The van der Waals surface area contributed by atoms with Crippen molar-refractivity contribution in [2.45, 2.75) is 19.9 Å². The monoisotopic (exact) mass is 327 g/mol. The van der Waals surface area contributed by atoms with Crippen LogP contribution in [0.15, 0.2) is 36.8 Å². The minimum absolute atomic E-state index is 0.119.